The van der Waals surface area contributed by atoms with Crippen molar-refractivity contribution in [2.75, 3.05) is 11.9 Å². The van der Waals surface area contributed by atoms with Crippen molar-refractivity contribution in [1.29, 1.82) is 0 Å². The molecular formula is C22H17N5O3S. The fraction of sp³-hybridized carbons (Fsp3) is 0.0909. The molecule has 8 nitrogen and oxygen atoms in total. The summed E-state index contributed by atoms with van der Waals surface area (Å²) in [6.45, 7) is -0.347. The third-order valence-corrected chi connectivity index (χ3v) is 5.39. The topological polar surface area (TPSA) is 120 Å². The summed E-state index contributed by atoms with van der Waals surface area (Å²) in [5.74, 6) is 2.73. The smallest absolute Gasteiger partial charge is 0.321 e. The molecule has 9 heteroatoms. The number of hydrogen-bond donors (Lipinski definition) is 4. The molecule has 0 bridgehead atoms. The first kappa shape index (κ1) is 20.3. The number of fused-ring (bicyclic) bond motifs is 1. The van der Waals surface area contributed by atoms with Crippen LogP contribution in [0.3, 0.4) is 0 Å². The summed E-state index contributed by atoms with van der Waals surface area (Å²) in [6.07, 6.45) is 8.49. The van der Waals surface area contributed by atoms with Crippen molar-refractivity contribution in [3.05, 3.63) is 75.2 Å². The molecule has 0 aliphatic carbocycles. The average molecular weight is 431 g/mol. The number of pyridine rings is 2. The zero-order valence-corrected chi connectivity index (χ0v) is 16.9. The number of terminal acetylenes is 1. The lowest BCUT2D eigenvalue weighted by molar-refractivity contribution is 0.224. The Morgan fingerprint density at radius 2 is 2.16 bits per heavy atom. The molecule has 2 amide bonds. The minimum Gasteiger partial charge on any atom is -0.394 e. The molecule has 3 aromatic heterocycles. The number of anilines is 1. The molecule has 3 heterocycles. The van der Waals surface area contributed by atoms with Crippen molar-refractivity contribution in [3.63, 3.8) is 0 Å². The standard InChI is InChI=1S/C22H17N5O3S/c1-2-19-26-18(12-31-19)27-22(30)25-17(11-28)16-7-6-14(10-24-16)15-5-3-4-13-8-9-23-21(29)20(13)15/h1,3-10,12,17,28H,11H2,(H,23,29)(H2,25,27,30)/t17-/m0/s1. The molecule has 0 aliphatic heterocycles. The van der Waals surface area contributed by atoms with Crippen LogP contribution in [0.15, 0.2) is 59.0 Å². The molecule has 0 saturated carbocycles. The number of aliphatic hydroxyl groups excluding tert-OH is 1. The Morgan fingerprint density at radius 3 is 2.87 bits per heavy atom. The Balaban J connectivity index is 1.53. The maximum absolute atomic E-state index is 12.3. The number of carbonyl (C=O) groups is 1. The number of aromatic amines is 1. The maximum atomic E-state index is 12.3. The van der Waals surface area contributed by atoms with E-state index in [9.17, 15) is 14.7 Å². The van der Waals surface area contributed by atoms with Crippen LogP contribution in [0, 0.1) is 12.3 Å². The van der Waals surface area contributed by atoms with Crippen molar-refractivity contribution in [2.24, 2.45) is 0 Å². The highest BCUT2D eigenvalue weighted by Gasteiger charge is 2.16. The van der Waals surface area contributed by atoms with Gasteiger partial charge in [-0.15, -0.1) is 17.8 Å². The first-order valence-corrected chi connectivity index (χ1v) is 10.1. The number of amides is 2. The van der Waals surface area contributed by atoms with E-state index < -0.39 is 12.1 Å². The lowest BCUT2D eigenvalue weighted by Crippen LogP contribution is -2.34. The first-order valence-electron chi connectivity index (χ1n) is 9.26. The van der Waals surface area contributed by atoms with E-state index in [1.54, 1.807) is 29.9 Å². The number of rotatable bonds is 5. The second kappa shape index (κ2) is 8.79. The third kappa shape index (κ3) is 4.30. The summed E-state index contributed by atoms with van der Waals surface area (Å²) in [4.78, 5) is 35.7. The summed E-state index contributed by atoms with van der Waals surface area (Å²) in [5, 5.41) is 18.4. The van der Waals surface area contributed by atoms with E-state index in [1.165, 1.54) is 11.3 Å². The summed E-state index contributed by atoms with van der Waals surface area (Å²) < 4.78 is 0. The molecule has 4 rings (SSSR count). The van der Waals surface area contributed by atoms with Crippen molar-refractivity contribution in [3.8, 4) is 23.5 Å². The van der Waals surface area contributed by atoms with E-state index in [4.69, 9.17) is 6.42 Å². The van der Waals surface area contributed by atoms with Gasteiger partial charge in [-0.3, -0.25) is 15.1 Å². The van der Waals surface area contributed by atoms with Gasteiger partial charge in [-0.25, -0.2) is 9.78 Å². The van der Waals surface area contributed by atoms with Crippen molar-refractivity contribution in [2.45, 2.75) is 6.04 Å². The van der Waals surface area contributed by atoms with E-state index in [2.05, 4.69) is 31.5 Å². The van der Waals surface area contributed by atoms with Gasteiger partial charge in [0.25, 0.3) is 5.56 Å². The van der Waals surface area contributed by atoms with Gasteiger partial charge in [0.05, 0.1) is 23.7 Å². The minimum atomic E-state index is -0.726. The SMILES string of the molecule is C#Cc1nc(NC(=O)N[C@@H](CO)c2ccc(-c3cccc4cc[nH]c(=O)c34)cn2)cs1. The van der Waals surface area contributed by atoms with Crippen LogP contribution < -0.4 is 16.2 Å². The summed E-state index contributed by atoms with van der Waals surface area (Å²) in [5.41, 5.74) is 1.78. The van der Waals surface area contributed by atoms with Crippen LogP contribution in [0.4, 0.5) is 10.6 Å². The molecular weight excluding hydrogens is 414 g/mol. The Kier molecular flexibility index (Phi) is 5.75. The number of nitrogens with one attached hydrogen (secondary N) is 3. The molecule has 1 aromatic carbocycles. The second-order valence-corrected chi connectivity index (χ2v) is 7.42. The largest absolute Gasteiger partial charge is 0.394 e. The normalized spacial score (nSPS) is 11.6. The van der Waals surface area contributed by atoms with Crippen molar-refractivity contribution >= 4 is 34.0 Å². The van der Waals surface area contributed by atoms with Gasteiger partial charge in [0.2, 0.25) is 0 Å². The number of aliphatic hydroxyl groups is 1. The summed E-state index contributed by atoms with van der Waals surface area (Å²) in [6, 6.07) is 9.65. The Bertz CT molecular complexity index is 1330. The van der Waals surface area contributed by atoms with E-state index in [0.29, 0.717) is 21.9 Å². The highest BCUT2D eigenvalue weighted by molar-refractivity contribution is 7.10. The van der Waals surface area contributed by atoms with Crippen LogP contribution in [0.1, 0.15) is 16.7 Å². The predicted octanol–water partition coefficient (Wildman–Crippen LogP) is 2.88. The molecule has 4 N–H and O–H groups in total. The van der Waals surface area contributed by atoms with Crippen molar-refractivity contribution in [1.82, 2.24) is 20.3 Å². The number of nitrogens with zero attached hydrogens (tertiary/aromatic N) is 2. The van der Waals surface area contributed by atoms with Gasteiger partial charge in [-0.1, -0.05) is 24.3 Å². The van der Waals surface area contributed by atoms with Gasteiger partial charge in [0.15, 0.2) is 5.01 Å². The lowest BCUT2D eigenvalue weighted by atomic mass is 10.0. The van der Waals surface area contributed by atoms with E-state index in [1.807, 2.05) is 24.3 Å². The molecule has 154 valence electrons. The number of carbonyl (C=O) groups excluding carboxylic acids is 1. The van der Waals surface area contributed by atoms with Crippen LogP contribution in [-0.2, 0) is 0 Å². The molecule has 0 spiro atoms. The minimum absolute atomic E-state index is 0.182. The van der Waals surface area contributed by atoms with Gasteiger partial charge in [-0.2, -0.15) is 0 Å². The van der Waals surface area contributed by atoms with Gasteiger partial charge in [0.1, 0.15) is 5.82 Å². The third-order valence-electron chi connectivity index (χ3n) is 4.61. The molecule has 0 aliphatic rings. The number of urea groups is 1. The van der Waals surface area contributed by atoms with Gasteiger partial charge in [-0.05, 0) is 29.0 Å². The van der Waals surface area contributed by atoms with Crippen LogP contribution in [0.25, 0.3) is 21.9 Å². The Hall–Kier alpha value is -4.00. The zero-order valence-electron chi connectivity index (χ0n) is 16.1. The van der Waals surface area contributed by atoms with Gasteiger partial charge in [0, 0.05) is 23.3 Å². The number of thiazole rings is 1. The van der Waals surface area contributed by atoms with E-state index in [-0.39, 0.29) is 12.2 Å². The first-order chi connectivity index (χ1) is 15.1. The maximum Gasteiger partial charge on any atom is 0.321 e. The van der Waals surface area contributed by atoms with Crippen LogP contribution >= 0.6 is 11.3 Å². The van der Waals surface area contributed by atoms with Gasteiger partial charge >= 0.3 is 6.03 Å². The second-order valence-electron chi connectivity index (χ2n) is 6.56. The quantitative estimate of drug-likeness (QED) is 0.362. The molecule has 31 heavy (non-hydrogen) atoms. The zero-order chi connectivity index (χ0) is 21.8. The highest BCUT2D eigenvalue weighted by Crippen LogP contribution is 2.26. The Labute approximate surface area is 181 Å². The molecule has 4 aromatic rings. The van der Waals surface area contributed by atoms with Crippen LogP contribution in [0.2, 0.25) is 0 Å². The molecule has 0 saturated heterocycles. The number of H-pyrrole nitrogens is 1. The lowest BCUT2D eigenvalue weighted by Gasteiger charge is -2.16. The molecule has 0 fully saturated rings. The number of aromatic nitrogens is 3. The number of hydrogen-bond acceptors (Lipinski definition) is 6. The highest BCUT2D eigenvalue weighted by atomic mass is 32.1. The van der Waals surface area contributed by atoms with E-state index in [0.717, 1.165) is 16.5 Å². The van der Waals surface area contributed by atoms with Crippen LogP contribution in [0.5, 0.6) is 0 Å². The van der Waals surface area contributed by atoms with E-state index >= 15 is 0 Å². The summed E-state index contributed by atoms with van der Waals surface area (Å²) >= 11 is 1.24. The molecule has 0 radical (unpaired) electrons. The Morgan fingerprint density at radius 1 is 1.29 bits per heavy atom. The fourth-order valence-corrected chi connectivity index (χ4v) is 3.73. The predicted molar refractivity (Wildman–Crippen MR) is 120 cm³/mol. The monoisotopic (exact) mass is 431 g/mol. The number of benzene rings is 1. The van der Waals surface area contributed by atoms with Crippen LogP contribution in [-0.4, -0.2) is 32.7 Å². The molecule has 0 unspecified atom stereocenters. The van der Waals surface area contributed by atoms with Gasteiger partial charge < -0.3 is 15.4 Å². The van der Waals surface area contributed by atoms with Crippen molar-refractivity contribution < 1.29 is 9.90 Å². The average Bonchev–Trinajstić information content (AvgIpc) is 3.25. The fourth-order valence-electron chi connectivity index (χ4n) is 3.17. The summed E-state index contributed by atoms with van der Waals surface area (Å²) in [7, 11) is 0. The molecule has 1 atom stereocenters.